The van der Waals surface area contributed by atoms with E-state index in [0.717, 1.165) is 34.6 Å². The maximum atomic E-state index is 14.3. The number of fused-ring (bicyclic) bond motifs is 3. The molecule has 0 spiro atoms. The molecule has 0 aliphatic carbocycles. The van der Waals surface area contributed by atoms with Gasteiger partial charge in [0.25, 0.3) is 10.0 Å². The summed E-state index contributed by atoms with van der Waals surface area (Å²) in [6.45, 7) is -1.09. The predicted octanol–water partition coefficient (Wildman–Crippen LogP) is 5.36. The van der Waals surface area contributed by atoms with E-state index in [-0.39, 0.29) is 35.8 Å². The Labute approximate surface area is 231 Å². The second-order valence-electron chi connectivity index (χ2n) is 9.63. The molecular weight excluding hydrogens is 576 g/mol. The molecule has 0 radical (unpaired) electrons. The van der Waals surface area contributed by atoms with Gasteiger partial charge in [0.1, 0.15) is 11.6 Å². The van der Waals surface area contributed by atoms with Crippen LogP contribution in [0, 0.1) is 5.82 Å². The van der Waals surface area contributed by atoms with E-state index in [2.05, 4.69) is 4.74 Å². The number of piperazine rings is 1. The molecule has 0 N–H and O–H groups in total. The van der Waals surface area contributed by atoms with Gasteiger partial charge in [-0.05, 0) is 53.6 Å². The number of carbonyl (C=O) groups is 1. The Bertz CT molecular complexity index is 1600. The summed E-state index contributed by atoms with van der Waals surface area (Å²) < 4.78 is 113. The van der Waals surface area contributed by atoms with Crippen molar-refractivity contribution in [3.63, 3.8) is 0 Å². The van der Waals surface area contributed by atoms with Crippen LogP contribution in [0.5, 0.6) is 5.75 Å². The predicted molar refractivity (Wildman–Crippen MR) is 138 cm³/mol. The lowest BCUT2D eigenvalue weighted by Gasteiger charge is -2.49. The van der Waals surface area contributed by atoms with E-state index in [1.165, 1.54) is 19.1 Å². The molecule has 41 heavy (non-hydrogen) atoms. The van der Waals surface area contributed by atoms with E-state index in [1.54, 1.807) is 17.0 Å². The largest absolute Gasteiger partial charge is 0.435 e. The van der Waals surface area contributed by atoms with Gasteiger partial charge >= 0.3 is 12.8 Å². The van der Waals surface area contributed by atoms with Crippen molar-refractivity contribution in [3.8, 4) is 16.9 Å². The number of anilines is 2. The molecule has 1 fully saturated rings. The van der Waals surface area contributed by atoms with Crippen LogP contribution in [0.4, 0.5) is 37.7 Å². The van der Waals surface area contributed by atoms with Crippen LogP contribution in [0.15, 0.2) is 65.6 Å². The van der Waals surface area contributed by atoms with Gasteiger partial charge in [0, 0.05) is 32.6 Å². The zero-order valence-electron chi connectivity index (χ0n) is 21.4. The normalized spacial score (nSPS) is 17.4. The van der Waals surface area contributed by atoms with Crippen molar-refractivity contribution >= 4 is 27.3 Å². The van der Waals surface area contributed by atoms with Gasteiger partial charge in [-0.25, -0.2) is 12.8 Å². The minimum Gasteiger partial charge on any atom is -0.435 e. The molecule has 2 heterocycles. The van der Waals surface area contributed by atoms with Gasteiger partial charge in [-0.15, -0.1) is 0 Å². The number of ether oxygens (including phenoxy) is 1. The quantitative estimate of drug-likeness (QED) is 0.370. The fourth-order valence-electron chi connectivity index (χ4n) is 5.14. The monoisotopic (exact) mass is 599 g/mol. The highest BCUT2D eigenvalue weighted by Crippen LogP contribution is 2.43. The Kier molecular flexibility index (Phi) is 7.30. The van der Waals surface area contributed by atoms with E-state index in [4.69, 9.17) is 0 Å². The topological polar surface area (TPSA) is 70.2 Å². The third-order valence-corrected chi connectivity index (χ3v) is 8.81. The van der Waals surface area contributed by atoms with Crippen molar-refractivity contribution in [2.24, 2.45) is 0 Å². The van der Waals surface area contributed by atoms with Crippen molar-refractivity contribution in [1.29, 1.82) is 0 Å². The smallest absolute Gasteiger partial charge is 0.416 e. The van der Waals surface area contributed by atoms with Crippen LogP contribution in [0.2, 0.25) is 0 Å². The van der Waals surface area contributed by atoms with Crippen molar-refractivity contribution in [2.45, 2.75) is 30.6 Å². The first-order chi connectivity index (χ1) is 19.2. The van der Waals surface area contributed by atoms with Crippen LogP contribution >= 0.6 is 0 Å². The fraction of sp³-hybridized carbons (Fsp3) is 0.296. The number of alkyl halides is 5. The summed E-state index contributed by atoms with van der Waals surface area (Å²) in [5.41, 5.74) is -0.231. The summed E-state index contributed by atoms with van der Waals surface area (Å²) in [5, 5.41) is 0. The first-order valence-corrected chi connectivity index (χ1v) is 13.8. The third-order valence-electron chi connectivity index (χ3n) is 7.04. The summed E-state index contributed by atoms with van der Waals surface area (Å²) in [4.78, 5) is 14.9. The molecule has 1 saturated heterocycles. The van der Waals surface area contributed by atoms with Crippen LogP contribution in [-0.4, -0.2) is 58.1 Å². The number of hydrogen-bond donors (Lipinski definition) is 0. The van der Waals surface area contributed by atoms with Gasteiger partial charge in [-0.3, -0.25) is 9.10 Å². The Morgan fingerprint density at radius 2 is 1.71 bits per heavy atom. The molecule has 2 aliphatic heterocycles. The molecule has 0 aromatic heterocycles. The molecule has 3 aromatic carbocycles. The lowest BCUT2D eigenvalue weighted by atomic mass is 10.00. The molecule has 1 amide bonds. The zero-order chi connectivity index (χ0) is 29.7. The van der Waals surface area contributed by atoms with E-state index in [1.807, 2.05) is 4.90 Å². The van der Waals surface area contributed by atoms with Gasteiger partial charge in [-0.1, -0.05) is 12.1 Å². The third kappa shape index (κ3) is 5.65. The molecule has 2 aliphatic rings. The van der Waals surface area contributed by atoms with Crippen LogP contribution in [0.25, 0.3) is 11.1 Å². The summed E-state index contributed by atoms with van der Waals surface area (Å²) in [6, 6.07) is 10.4. The highest BCUT2D eigenvalue weighted by molar-refractivity contribution is 7.92. The SMILES string of the molecule is CC(=O)N1CCN2c3ccc(-c4cc(F)cc(OC(F)F)c4)cc3N(S(=O)(=O)c3cccc(C(F)(F)F)c3)C[C@@H]2C1. The summed E-state index contributed by atoms with van der Waals surface area (Å²) >= 11 is 0. The number of benzene rings is 3. The molecule has 0 bridgehead atoms. The van der Waals surface area contributed by atoms with Gasteiger partial charge in [0.2, 0.25) is 5.91 Å². The standard InChI is InChI=1S/C27H23F6N3O4S/c1-16(37)34-7-8-35-21(14-34)15-36(41(38,39)23-4-2-3-19(12-23)27(31,32)33)25-11-17(5-6-24(25)35)18-9-20(28)13-22(10-18)40-26(29)30/h2-6,9-13,21,26H,7-8,14-15H2,1H3/t21-/m0/s1. The molecule has 218 valence electrons. The van der Waals surface area contributed by atoms with Crippen molar-refractivity contribution < 1.29 is 44.3 Å². The number of rotatable bonds is 5. The number of carbonyl (C=O) groups excluding carboxylic acids is 1. The van der Waals surface area contributed by atoms with E-state index >= 15 is 0 Å². The molecular formula is C27H23F6N3O4S. The number of amides is 1. The molecule has 0 saturated carbocycles. The van der Waals surface area contributed by atoms with E-state index in [0.29, 0.717) is 24.8 Å². The number of halogens is 6. The Hall–Kier alpha value is -3.94. The highest BCUT2D eigenvalue weighted by Gasteiger charge is 2.41. The second-order valence-corrected chi connectivity index (χ2v) is 11.5. The lowest BCUT2D eigenvalue weighted by Crippen LogP contribution is -2.61. The average molecular weight is 600 g/mol. The highest BCUT2D eigenvalue weighted by atomic mass is 32.2. The van der Waals surface area contributed by atoms with Crippen molar-refractivity contribution in [2.75, 3.05) is 35.4 Å². The molecule has 0 unspecified atom stereocenters. The van der Waals surface area contributed by atoms with Crippen molar-refractivity contribution in [3.05, 3.63) is 72.0 Å². The van der Waals surface area contributed by atoms with Gasteiger partial charge in [-0.2, -0.15) is 22.0 Å². The zero-order valence-corrected chi connectivity index (χ0v) is 22.2. The fourth-order valence-corrected chi connectivity index (χ4v) is 6.69. The molecule has 3 aromatic rings. The number of sulfonamides is 1. The Balaban J connectivity index is 1.64. The summed E-state index contributed by atoms with van der Waals surface area (Å²) in [6.07, 6.45) is -4.78. The van der Waals surface area contributed by atoms with Crippen LogP contribution in [0.1, 0.15) is 12.5 Å². The van der Waals surface area contributed by atoms with Crippen molar-refractivity contribution in [1.82, 2.24) is 4.90 Å². The minimum absolute atomic E-state index is 0.105. The van der Waals surface area contributed by atoms with Crippen LogP contribution in [-0.2, 0) is 21.0 Å². The molecule has 7 nitrogen and oxygen atoms in total. The van der Waals surface area contributed by atoms with E-state index < -0.39 is 50.9 Å². The molecule has 5 rings (SSSR count). The Morgan fingerprint density at radius 1 is 0.951 bits per heavy atom. The first kappa shape index (κ1) is 28.6. The van der Waals surface area contributed by atoms with Crippen LogP contribution < -0.4 is 13.9 Å². The van der Waals surface area contributed by atoms with Crippen LogP contribution in [0.3, 0.4) is 0 Å². The number of hydrogen-bond acceptors (Lipinski definition) is 5. The summed E-state index contributed by atoms with van der Waals surface area (Å²) in [7, 11) is -4.57. The van der Waals surface area contributed by atoms with E-state index in [9.17, 15) is 39.6 Å². The Morgan fingerprint density at radius 3 is 2.39 bits per heavy atom. The molecule has 14 heteroatoms. The first-order valence-electron chi connectivity index (χ1n) is 12.4. The summed E-state index contributed by atoms with van der Waals surface area (Å²) in [5.74, 6) is -1.52. The number of nitrogens with zero attached hydrogens (tertiary/aromatic N) is 3. The average Bonchev–Trinajstić information content (AvgIpc) is 2.90. The molecule has 1 atom stereocenters. The maximum Gasteiger partial charge on any atom is 0.416 e. The van der Waals surface area contributed by atoms with Gasteiger partial charge < -0.3 is 14.5 Å². The second kappa shape index (κ2) is 10.5. The lowest BCUT2D eigenvalue weighted by molar-refractivity contribution is -0.137. The maximum absolute atomic E-state index is 14.3. The van der Waals surface area contributed by atoms with Gasteiger partial charge in [0.05, 0.1) is 34.4 Å². The van der Waals surface area contributed by atoms with Gasteiger partial charge in [0.15, 0.2) is 0 Å². The minimum atomic E-state index is -4.78.